The molecule has 122 valence electrons. The zero-order valence-electron chi connectivity index (χ0n) is 14.1. The average molecular weight is 305 g/mol. The highest BCUT2D eigenvalue weighted by molar-refractivity contribution is 5.77. The van der Waals surface area contributed by atoms with Gasteiger partial charge in [0, 0.05) is 18.5 Å². The molecule has 22 heavy (non-hydrogen) atoms. The van der Waals surface area contributed by atoms with Crippen LogP contribution >= 0.6 is 0 Å². The molecule has 0 aromatic heterocycles. The first-order chi connectivity index (χ1) is 10.6. The minimum atomic E-state index is 0.259. The van der Waals surface area contributed by atoms with E-state index in [2.05, 4.69) is 18.7 Å². The molecule has 0 N–H and O–H groups in total. The molecule has 1 saturated heterocycles. The van der Waals surface area contributed by atoms with Gasteiger partial charge in [-0.1, -0.05) is 6.07 Å². The van der Waals surface area contributed by atoms with Crippen LogP contribution in [0.2, 0.25) is 0 Å². The Balaban J connectivity index is 1.98. The van der Waals surface area contributed by atoms with E-state index >= 15 is 0 Å². The number of carbonyl (C=O) groups is 1. The quantitative estimate of drug-likeness (QED) is 0.836. The van der Waals surface area contributed by atoms with Gasteiger partial charge < -0.3 is 14.4 Å². The normalized spacial score (nSPS) is 21.5. The number of nitrogens with zero attached hydrogens (tertiary/aromatic N) is 1. The highest BCUT2D eigenvalue weighted by Crippen LogP contribution is 2.28. The Kier molecular flexibility index (Phi) is 5.69. The molecule has 1 aliphatic rings. The summed E-state index contributed by atoms with van der Waals surface area (Å²) < 4.78 is 10.6. The summed E-state index contributed by atoms with van der Waals surface area (Å²) in [6, 6.07) is 6.57. The molecular weight excluding hydrogens is 278 g/mol. The maximum atomic E-state index is 12.5. The molecule has 2 rings (SSSR count). The van der Waals surface area contributed by atoms with Gasteiger partial charge in [-0.3, -0.25) is 4.79 Å². The van der Waals surface area contributed by atoms with Crippen LogP contribution < -0.4 is 9.47 Å². The zero-order valence-corrected chi connectivity index (χ0v) is 14.1. The van der Waals surface area contributed by atoms with E-state index in [9.17, 15) is 4.79 Å². The fraction of sp³-hybridized carbons (Fsp3) is 0.611. The fourth-order valence-corrected chi connectivity index (χ4v) is 3.33. The number of hydrogen-bond donors (Lipinski definition) is 0. The highest BCUT2D eigenvalue weighted by atomic mass is 16.5. The largest absolute Gasteiger partial charge is 0.493 e. The Hall–Kier alpha value is -1.71. The third kappa shape index (κ3) is 3.73. The van der Waals surface area contributed by atoms with Crippen LogP contribution in [0.4, 0.5) is 0 Å². The standard InChI is InChI=1S/C18H27NO3/c1-13-6-5-7-14(2)19(13)18(20)11-9-15-8-10-16(21-3)17(12-15)22-4/h8,10,12-14H,5-7,9,11H2,1-4H3. The van der Waals surface area contributed by atoms with Crippen molar-refractivity contribution < 1.29 is 14.3 Å². The van der Waals surface area contributed by atoms with Gasteiger partial charge in [-0.15, -0.1) is 0 Å². The predicted octanol–water partition coefficient (Wildman–Crippen LogP) is 3.43. The van der Waals surface area contributed by atoms with Gasteiger partial charge in [0.05, 0.1) is 14.2 Å². The van der Waals surface area contributed by atoms with E-state index in [0.717, 1.165) is 30.6 Å². The fourth-order valence-electron chi connectivity index (χ4n) is 3.33. The van der Waals surface area contributed by atoms with E-state index in [4.69, 9.17) is 9.47 Å². The number of amides is 1. The first-order valence-corrected chi connectivity index (χ1v) is 8.09. The van der Waals surface area contributed by atoms with Crippen molar-refractivity contribution >= 4 is 5.91 Å². The molecule has 2 unspecified atom stereocenters. The van der Waals surface area contributed by atoms with E-state index in [0.29, 0.717) is 24.3 Å². The Morgan fingerprint density at radius 1 is 1.14 bits per heavy atom. The van der Waals surface area contributed by atoms with Crippen LogP contribution in [0.25, 0.3) is 0 Å². The lowest BCUT2D eigenvalue weighted by Crippen LogP contribution is -2.47. The topological polar surface area (TPSA) is 38.8 Å². The van der Waals surface area contributed by atoms with Crippen LogP contribution in [0.5, 0.6) is 11.5 Å². The first kappa shape index (κ1) is 16.7. The monoisotopic (exact) mass is 305 g/mol. The summed E-state index contributed by atoms with van der Waals surface area (Å²) >= 11 is 0. The average Bonchev–Trinajstić information content (AvgIpc) is 2.52. The Morgan fingerprint density at radius 3 is 2.36 bits per heavy atom. The van der Waals surface area contributed by atoms with Crippen molar-refractivity contribution in [2.75, 3.05) is 14.2 Å². The number of ether oxygens (including phenoxy) is 2. The predicted molar refractivity (Wildman–Crippen MR) is 87.5 cm³/mol. The third-order valence-electron chi connectivity index (χ3n) is 4.56. The number of piperidine rings is 1. The van der Waals surface area contributed by atoms with Crippen molar-refractivity contribution in [3.8, 4) is 11.5 Å². The summed E-state index contributed by atoms with van der Waals surface area (Å²) in [5.74, 6) is 1.69. The molecular formula is C18H27NO3. The number of aryl methyl sites for hydroxylation is 1. The molecule has 4 nitrogen and oxygen atoms in total. The summed E-state index contributed by atoms with van der Waals surface area (Å²) in [5, 5.41) is 0. The summed E-state index contributed by atoms with van der Waals surface area (Å²) in [6.45, 7) is 4.31. The van der Waals surface area contributed by atoms with Gasteiger partial charge in [-0.2, -0.15) is 0 Å². The molecule has 0 spiro atoms. The molecule has 0 radical (unpaired) electrons. The van der Waals surface area contributed by atoms with Gasteiger partial charge in [0.25, 0.3) is 0 Å². The lowest BCUT2D eigenvalue weighted by Gasteiger charge is -2.39. The van der Waals surface area contributed by atoms with Crippen molar-refractivity contribution in [2.45, 2.75) is 58.0 Å². The van der Waals surface area contributed by atoms with Crippen molar-refractivity contribution in [1.29, 1.82) is 0 Å². The maximum absolute atomic E-state index is 12.5. The zero-order chi connectivity index (χ0) is 16.1. The second-order valence-corrected chi connectivity index (χ2v) is 6.12. The number of methoxy groups -OCH3 is 2. The number of rotatable bonds is 5. The Bertz CT molecular complexity index is 505. The van der Waals surface area contributed by atoms with Gasteiger partial charge in [-0.05, 0) is 57.2 Å². The van der Waals surface area contributed by atoms with Crippen molar-refractivity contribution in [3.05, 3.63) is 23.8 Å². The van der Waals surface area contributed by atoms with Crippen LogP contribution in [0.1, 0.15) is 45.1 Å². The molecule has 1 heterocycles. The number of carbonyl (C=O) groups excluding carboxylic acids is 1. The Morgan fingerprint density at radius 2 is 1.77 bits per heavy atom. The van der Waals surface area contributed by atoms with Crippen LogP contribution in [0, 0.1) is 0 Å². The molecule has 2 atom stereocenters. The van der Waals surface area contributed by atoms with E-state index in [-0.39, 0.29) is 5.91 Å². The molecule has 1 aliphatic heterocycles. The van der Waals surface area contributed by atoms with E-state index < -0.39 is 0 Å². The van der Waals surface area contributed by atoms with E-state index in [1.165, 1.54) is 6.42 Å². The maximum Gasteiger partial charge on any atom is 0.223 e. The van der Waals surface area contributed by atoms with Gasteiger partial charge in [-0.25, -0.2) is 0 Å². The van der Waals surface area contributed by atoms with Gasteiger partial charge in [0.2, 0.25) is 5.91 Å². The first-order valence-electron chi connectivity index (χ1n) is 8.09. The smallest absolute Gasteiger partial charge is 0.223 e. The second kappa shape index (κ2) is 7.52. The van der Waals surface area contributed by atoms with Crippen LogP contribution in [-0.4, -0.2) is 37.1 Å². The molecule has 1 amide bonds. The minimum Gasteiger partial charge on any atom is -0.493 e. The molecule has 1 aromatic rings. The Labute approximate surface area is 133 Å². The molecule has 0 saturated carbocycles. The van der Waals surface area contributed by atoms with E-state index in [1.807, 2.05) is 18.2 Å². The number of likely N-dealkylation sites (tertiary alicyclic amines) is 1. The van der Waals surface area contributed by atoms with Crippen molar-refractivity contribution in [3.63, 3.8) is 0 Å². The SMILES string of the molecule is COc1ccc(CCC(=O)N2C(C)CCCC2C)cc1OC. The summed E-state index contributed by atoms with van der Waals surface area (Å²) in [5.41, 5.74) is 1.10. The van der Waals surface area contributed by atoms with Gasteiger partial charge >= 0.3 is 0 Å². The van der Waals surface area contributed by atoms with Crippen molar-refractivity contribution in [1.82, 2.24) is 4.90 Å². The highest BCUT2D eigenvalue weighted by Gasteiger charge is 2.28. The van der Waals surface area contributed by atoms with Crippen LogP contribution in [0.3, 0.4) is 0 Å². The summed E-state index contributed by atoms with van der Waals surface area (Å²) in [6.07, 6.45) is 4.74. The minimum absolute atomic E-state index is 0.259. The molecule has 0 bridgehead atoms. The van der Waals surface area contributed by atoms with Gasteiger partial charge in [0.1, 0.15) is 0 Å². The third-order valence-corrected chi connectivity index (χ3v) is 4.56. The van der Waals surface area contributed by atoms with Crippen molar-refractivity contribution in [2.24, 2.45) is 0 Å². The number of hydrogen-bond acceptors (Lipinski definition) is 3. The van der Waals surface area contributed by atoms with Crippen LogP contribution in [0.15, 0.2) is 18.2 Å². The number of benzene rings is 1. The van der Waals surface area contributed by atoms with Crippen LogP contribution in [-0.2, 0) is 11.2 Å². The van der Waals surface area contributed by atoms with Gasteiger partial charge in [0.15, 0.2) is 11.5 Å². The molecule has 1 fully saturated rings. The molecule has 1 aromatic carbocycles. The second-order valence-electron chi connectivity index (χ2n) is 6.12. The van der Waals surface area contributed by atoms with E-state index in [1.54, 1.807) is 14.2 Å². The lowest BCUT2D eigenvalue weighted by molar-refractivity contribution is -0.137. The molecule has 0 aliphatic carbocycles. The lowest BCUT2D eigenvalue weighted by atomic mass is 9.96. The molecule has 4 heteroatoms. The summed E-state index contributed by atoms with van der Waals surface area (Å²) in [4.78, 5) is 14.6. The summed E-state index contributed by atoms with van der Waals surface area (Å²) in [7, 11) is 3.25.